The Kier molecular flexibility index (Phi) is 8.97. The minimum Gasteiger partial charge on any atom is -0.310 e. The highest BCUT2D eigenvalue weighted by molar-refractivity contribution is 5.27. The summed E-state index contributed by atoms with van der Waals surface area (Å²) >= 11 is 0. The number of hydrogen-bond acceptors (Lipinski definition) is 2. The predicted octanol–water partition coefficient (Wildman–Crippen LogP) is 2.51. The third-order valence-corrected chi connectivity index (χ3v) is 1.48. The van der Waals surface area contributed by atoms with Gasteiger partial charge in [0.15, 0.2) is 0 Å². The fourth-order valence-electron chi connectivity index (χ4n) is 0.800. The zero-order chi connectivity index (χ0) is 11.4. The minimum atomic E-state index is 0.715. The summed E-state index contributed by atoms with van der Waals surface area (Å²) in [6, 6.07) is 11.2. The maximum absolute atomic E-state index is 8.29. The first-order valence-corrected chi connectivity index (χ1v) is 4.72. The van der Waals surface area contributed by atoms with E-state index in [1.54, 1.807) is 12.1 Å². The van der Waals surface area contributed by atoms with Crippen LogP contribution in [0.15, 0.2) is 55.6 Å². The Hall–Kier alpha value is -1.85. The first-order valence-electron chi connectivity index (χ1n) is 4.72. The molecule has 0 unspecified atom stereocenters. The van der Waals surface area contributed by atoms with Gasteiger partial charge in [0.1, 0.15) is 0 Å². The standard InChI is InChI=1S/C7H5N.C6H11N/c8-6-7-4-2-1-3-5-7;1-3-5-7-6-4-2/h1-5H;3-4,7H,1-2,5-6H2. The van der Waals surface area contributed by atoms with Gasteiger partial charge in [0.25, 0.3) is 0 Å². The highest BCUT2D eigenvalue weighted by atomic mass is 14.8. The largest absolute Gasteiger partial charge is 0.310 e. The summed E-state index contributed by atoms with van der Waals surface area (Å²) in [5.74, 6) is 0. The summed E-state index contributed by atoms with van der Waals surface area (Å²) < 4.78 is 0. The maximum atomic E-state index is 8.29. The third kappa shape index (κ3) is 8.48. The van der Waals surface area contributed by atoms with Crippen molar-refractivity contribution in [3.63, 3.8) is 0 Å². The lowest BCUT2D eigenvalue weighted by atomic mass is 10.2. The van der Waals surface area contributed by atoms with E-state index in [-0.39, 0.29) is 0 Å². The van der Waals surface area contributed by atoms with Gasteiger partial charge in [-0.1, -0.05) is 30.4 Å². The molecule has 0 atom stereocenters. The molecule has 2 nitrogen and oxygen atoms in total. The van der Waals surface area contributed by atoms with Crippen molar-refractivity contribution >= 4 is 0 Å². The van der Waals surface area contributed by atoms with E-state index in [0.717, 1.165) is 13.1 Å². The second-order valence-electron chi connectivity index (χ2n) is 2.71. The average molecular weight is 200 g/mol. The SMILES string of the molecule is C=CCNCC=C.N#Cc1ccccc1. The van der Waals surface area contributed by atoms with Gasteiger partial charge >= 0.3 is 0 Å². The van der Waals surface area contributed by atoms with Crippen LogP contribution >= 0.6 is 0 Å². The van der Waals surface area contributed by atoms with Crippen LogP contribution in [0.25, 0.3) is 0 Å². The molecular formula is C13H16N2. The Balaban J connectivity index is 0.000000265. The van der Waals surface area contributed by atoms with Gasteiger partial charge in [-0.25, -0.2) is 0 Å². The molecule has 1 rings (SSSR count). The zero-order valence-corrected chi connectivity index (χ0v) is 8.82. The van der Waals surface area contributed by atoms with E-state index in [1.165, 1.54) is 0 Å². The lowest BCUT2D eigenvalue weighted by Gasteiger charge is -1.90. The van der Waals surface area contributed by atoms with Crippen molar-refractivity contribution in [2.45, 2.75) is 0 Å². The van der Waals surface area contributed by atoms with E-state index in [9.17, 15) is 0 Å². The van der Waals surface area contributed by atoms with Crippen molar-refractivity contribution in [3.8, 4) is 6.07 Å². The van der Waals surface area contributed by atoms with Crippen molar-refractivity contribution in [3.05, 3.63) is 61.2 Å². The van der Waals surface area contributed by atoms with E-state index < -0.39 is 0 Å². The summed E-state index contributed by atoms with van der Waals surface area (Å²) in [6.07, 6.45) is 3.65. The van der Waals surface area contributed by atoms with Gasteiger partial charge in [0, 0.05) is 13.1 Å². The molecule has 0 amide bonds. The normalized spacial score (nSPS) is 7.93. The van der Waals surface area contributed by atoms with Crippen LogP contribution in [-0.2, 0) is 0 Å². The Labute approximate surface area is 91.6 Å². The van der Waals surface area contributed by atoms with Gasteiger partial charge in [-0.2, -0.15) is 5.26 Å². The maximum Gasteiger partial charge on any atom is 0.0991 e. The number of benzene rings is 1. The summed E-state index contributed by atoms with van der Waals surface area (Å²) in [5, 5.41) is 11.3. The van der Waals surface area contributed by atoms with Crippen molar-refractivity contribution in [2.24, 2.45) is 0 Å². The Morgan fingerprint density at radius 1 is 1.13 bits per heavy atom. The third-order valence-electron chi connectivity index (χ3n) is 1.48. The first-order chi connectivity index (χ1) is 7.35. The van der Waals surface area contributed by atoms with Crippen LogP contribution in [0.4, 0.5) is 0 Å². The molecule has 0 saturated heterocycles. The van der Waals surface area contributed by atoms with Gasteiger partial charge in [-0.05, 0) is 12.1 Å². The zero-order valence-electron chi connectivity index (χ0n) is 8.82. The highest BCUT2D eigenvalue weighted by Crippen LogP contribution is 1.93. The first kappa shape index (κ1) is 13.2. The number of nitrogens with one attached hydrogen (secondary N) is 1. The average Bonchev–Trinajstić information content (AvgIpc) is 2.32. The van der Waals surface area contributed by atoms with Crippen LogP contribution in [0, 0.1) is 11.3 Å². The molecule has 2 heteroatoms. The summed E-state index contributed by atoms with van der Waals surface area (Å²) in [6.45, 7) is 8.81. The van der Waals surface area contributed by atoms with E-state index >= 15 is 0 Å². The number of hydrogen-bond donors (Lipinski definition) is 1. The minimum absolute atomic E-state index is 0.715. The molecule has 0 bridgehead atoms. The van der Waals surface area contributed by atoms with Gasteiger partial charge in [-0.3, -0.25) is 0 Å². The quantitative estimate of drug-likeness (QED) is 0.598. The van der Waals surface area contributed by atoms with Gasteiger partial charge < -0.3 is 5.32 Å². The number of rotatable bonds is 4. The molecule has 1 N–H and O–H groups in total. The Bertz CT molecular complexity index is 301. The molecule has 0 heterocycles. The number of nitrogens with zero attached hydrogens (tertiary/aromatic N) is 1. The van der Waals surface area contributed by atoms with Gasteiger partial charge in [0.2, 0.25) is 0 Å². The fourth-order valence-corrected chi connectivity index (χ4v) is 0.800. The predicted molar refractivity (Wildman–Crippen MR) is 64.4 cm³/mol. The summed E-state index contributed by atoms with van der Waals surface area (Å²) in [7, 11) is 0. The Morgan fingerprint density at radius 2 is 1.67 bits per heavy atom. The molecule has 15 heavy (non-hydrogen) atoms. The molecule has 0 aliphatic carbocycles. The van der Waals surface area contributed by atoms with Crippen LogP contribution in [-0.4, -0.2) is 13.1 Å². The second-order valence-corrected chi connectivity index (χ2v) is 2.71. The molecule has 1 aromatic rings. The smallest absolute Gasteiger partial charge is 0.0991 e. The van der Waals surface area contributed by atoms with Gasteiger partial charge in [-0.15, -0.1) is 13.2 Å². The van der Waals surface area contributed by atoms with Crippen LogP contribution in [0.5, 0.6) is 0 Å². The molecule has 0 aliphatic rings. The van der Waals surface area contributed by atoms with Crippen LogP contribution in [0.2, 0.25) is 0 Å². The molecule has 78 valence electrons. The summed E-state index contributed by atoms with van der Waals surface area (Å²) in [5.41, 5.74) is 0.715. The van der Waals surface area contributed by atoms with Gasteiger partial charge in [0.05, 0.1) is 11.6 Å². The summed E-state index contributed by atoms with van der Waals surface area (Å²) in [4.78, 5) is 0. The molecule has 0 radical (unpaired) electrons. The monoisotopic (exact) mass is 200 g/mol. The van der Waals surface area contributed by atoms with Crippen molar-refractivity contribution in [1.82, 2.24) is 5.32 Å². The number of nitriles is 1. The molecule has 0 aliphatic heterocycles. The van der Waals surface area contributed by atoms with E-state index in [4.69, 9.17) is 5.26 Å². The second kappa shape index (κ2) is 10.2. The van der Waals surface area contributed by atoms with E-state index in [1.807, 2.05) is 36.4 Å². The fraction of sp³-hybridized carbons (Fsp3) is 0.154. The Morgan fingerprint density at radius 3 is 2.00 bits per heavy atom. The van der Waals surface area contributed by atoms with E-state index in [0.29, 0.717) is 5.56 Å². The molecule has 0 fully saturated rings. The van der Waals surface area contributed by atoms with Crippen molar-refractivity contribution in [2.75, 3.05) is 13.1 Å². The van der Waals surface area contributed by atoms with Crippen molar-refractivity contribution < 1.29 is 0 Å². The van der Waals surface area contributed by atoms with Crippen LogP contribution < -0.4 is 5.32 Å². The topological polar surface area (TPSA) is 35.8 Å². The molecule has 0 aromatic heterocycles. The highest BCUT2D eigenvalue weighted by Gasteiger charge is 1.79. The van der Waals surface area contributed by atoms with Crippen molar-refractivity contribution in [1.29, 1.82) is 5.26 Å². The lowest BCUT2D eigenvalue weighted by Crippen LogP contribution is -2.11. The molecular weight excluding hydrogens is 184 g/mol. The van der Waals surface area contributed by atoms with E-state index in [2.05, 4.69) is 18.5 Å². The molecule has 0 saturated carbocycles. The van der Waals surface area contributed by atoms with Crippen LogP contribution in [0.3, 0.4) is 0 Å². The lowest BCUT2D eigenvalue weighted by molar-refractivity contribution is 0.845. The molecule has 0 spiro atoms. The molecule has 1 aromatic carbocycles. The van der Waals surface area contributed by atoms with Crippen LogP contribution in [0.1, 0.15) is 5.56 Å².